The molecule has 2 heterocycles. The number of methoxy groups -OCH3 is 1. The molecule has 4 aromatic rings. The Morgan fingerprint density at radius 2 is 2.03 bits per heavy atom. The van der Waals surface area contributed by atoms with Crippen molar-refractivity contribution in [2.24, 2.45) is 0 Å². The molecule has 1 N–H and O–H groups in total. The number of carbonyl (C=O) groups is 2. The Labute approximate surface area is 193 Å². The summed E-state index contributed by atoms with van der Waals surface area (Å²) in [5.74, 6) is -1.34. The van der Waals surface area contributed by atoms with Crippen LogP contribution in [0.25, 0.3) is 11.0 Å². The van der Waals surface area contributed by atoms with Crippen LogP contribution in [0.15, 0.2) is 66.0 Å². The van der Waals surface area contributed by atoms with Crippen molar-refractivity contribution in [2.45, 2.75) is 12.6 Å². The van der Waals surface area contributed by atoms with Crippen molar-refractivity contribution in [3.8, 4) is 0 Å². The highest BCUT2D eigenvalue weighted by Gasteiger charge is 2.34. The predicted octanol–water partition coefficient (Wildman–Crippen LogP) is 3.17. The number of amides is 2. The van der Waals surface area contributed by atoms with Gasteiger partial charge in [0.05, 0.1) is 12.1 Å². The van der Waals surface area contributed by atoms with Gasteiger partial charge in [0.2, 0.25) is 11.8 Å². The van der Waals surface area contributed by atoms with Crippen LogP contribution in [0.3, 0.4) is 0 Å². The average molecular weight is 468 g/mol. The van der Waals surface area contributed by atoms with Gasteiger partial charge in [0.1, 0.15) is 23.9 Å². The van der Waals surface area contributed by atoms with E-state index in [0.717, 1.165) is 0 Å². The topological polar surface area (TPSA) is 89.4 Å². The molecule has 2 aromatic heterocycles. The second kappa shape index (κ2) is 10.3. The molecule has 10 heteroatoms. The third kappa shape index (κ3) is 5.07. The number of para-hydroxylation sites is 1. The van der Waals surface area contributed by atoms with Crippen LogP contribution in [-0.2, 0) is 20.9 Å². The van der Waals surface area contributed by atoms with Crippen molar-refractivity contribution in [1.82, 2.24) is 20.3 Å². The monoisotopic (exact) mass is 467 g/mol. The van der Waals surface area contributed by atoms with E-state index in [0.29, 0.717) is 22.5 Å². The van der Waals surface area contributed by atoms with Crippen LogP contribution < -0.4 is 10.2 Å². The second-order valence-electron chi connectivity index (χ2n) is 7.18. The Balaban J connectivity index is 1.74. The summed E-state index contributed by atoms with van der Waals surface area (Å²) >= 11 is 1.34. The number of aromatic nitrogens is 3. The highest BCUT2D eigenvalue weighted by atomic mass is 32.1. The third-order valence-corrected chi connectivity index (χ3v) is 5.91. The summed E-state index contributed by atoms with van der Waals surface area (Å²) in [7, 11) is 1.54. The summed E-state index contributed by atoms with van der Waals surface area (Å²) in [5, 5.41) is 12.8. The molecule has 2 aromatic carbocycles. The summed E-state index contributed by atoms with van der Waals surface area (Å²) in [6.45, 7) is 0.419. The first-order valence-corrected chi connectivity index (χ1v) is 11.1. The van der Waals surface area contributed by atoms with E-state index in [4.69, 9.17) is 4.74 Å². The first-order valence-electron chi connectivity index (χ1n) is 10.2. The number of benzene rings is 2. The summed E-state index contributed by atoms with van der Waals surface area (Å²) in [6.07, 6.45) is 0. The van der Waals surface area contributed by atoms with Gasteiger partial charge in [0.15, 0.2) is 0 Å². The molecule has 2 amide bonds. The largest absolute Gasteiger partial charge is 0.383 e. The average Bonchev–Trinajstić information content (AvgIpc) is 3.48. The van der Waals surface area contributed by atoms with Gasteiger partial charge in [-0.25, -0.2) is 9.07 Å². The molecule has 8 nitrogen and oxygen atoms in total. The van der Waals surface area contributed by atoms with Crippen molar-refractivity contribution < 1.29 is 18.7 Å². The lowest BCUT2D eigenvalue weighted by Crippen LogP contribution is -2.45. The van der Waals surface area contributed by atoms with Crippen LogP contribution in [0.2, 0.25) is 0 Å². The summed E-state index contributed by atoms with van der Waals surface area (Å²) in [6, 6.07) is 15.5. The number of ether oxygens (including phenoxy) is 1. The van der Waals surface area contributed by atoms with Crippen molar-refractivity contribution in [2.75, 3.05) is 25.2 Å². The molecule has 0 aliphatic rings. The molecule has 0 unspecified atom stereocenters. The van der Waals surface area contributed by atoms with Crippen molar-refractivity contribution in [1.29, 1.82) is 0 Å². The predicted molar refractivity (Wildman–Crippen MR) is 123 cm³/mol. The van der Waals surface area contributed by atoms with Crippen molar-refractivity contribution in [3.63, 3.8) is 0 Å². The van der Waals surface area contributed by atoms with E-state index in [9.17, 15) is 14.0 Å². The van der Waals surface area contributed by atoms with E-state index in [1.54, 1.807) is 24.3 Å². The van der Waals surface area contributed by atoms with Crippen LogP contribution in [0.1, 0.15) is 10.9 Å². The van der Waals surface area contributed by atoms with Gasteiger partial charge in [-0.05, 0) is 41.8 Å². The lowest BCUT2D eigenvalue weighted by atomic mass is 10.1. The zero-order chi connectivity index (χ0) is 23.2. The normalized spacial score (nSPS) is 11.9. The number of anilines is 1. The Bertz CT molecular complexity index is 1240. The minimum Gasteiger partial charge on any atom is -0.383 e. The van der Waals surface area contributed by atoms with E-state index in [2.05, 4.69) is 15.6 Å². The van der Waals surface area contributed by atoms with E-state index in [1.165, 1.54) is 46.2 Å². The van der Waals surface area contributed by atoms with Gasteiger partial charge in [-0.15, -0.1) is 16.4 Å². The van der Waals surface area contributed by atoms with Gasteiger partial charge >= 0.3 is 0 Å². The Morgan fingerprint density at radius 1 is 1.18 bits per heavy atom. The van der Waals surface area contributed by atoms with Gasteiger partial charge in [-0.3, -0.25) is 14.5 Å². The molecular formula is C23H22FN5O3S. The molecule has 0 aliphatic heterocycles. The first kappa shape index (κ1) is 22.6. The minimum atomic E-state index is -0.994. The number of fused-ring (bicyclic) bond motifs is 1. The highest BCUT2D eigenvalue weighted by molar-refractivity contribution is 7.10. The molecule has 0 fully saturated rings. The number of halogens is 1. The maximum Gasteiger partial charge on any atom is 0.249 e. The maximum absolute atomic E-state index is 14.2. The van der Waals surface area contributed by atoms with Gasteiger partial charge in [0.25, 0.3) is 0 Å². The highest BCUT2D eigenvalue weighted by Crippen LogP contribution is 2.31. The number of carbonyl (C=O) groups excluding carboxylic acids is 2. The summed E-state index contributed by atoms with van der Waals surface area (Å²) in [5.41, 5.74) is 1.60. The van der Waals surface area contributed by atoms with E-state index in [1.807, 2.05) is 23.6 Å². The molecule has 4 rings (SSSR count). The SMILES string of the molecule is COCCNC(=O)[C@@H](c1cccs1)N(C(=O)Cn1nnc2ccccc21)c1cccc(F)c1. The fourth-order valence-corrected chi connectivity index (χ4v) is 4.31. The molecule has 0 saturated heterocycles. The molecule has 0 spiro atoms. The first-order chi connectivity index (χ1) is 16.1. The molecule has 0 radical (unpaired) electrons. The molecule has 170 valence electrons. The summed E-state index contributed by atoms with van der Waals surface area (Å²) in [4.78, 5) is 28.9. The Morgan fingerprint density at radius 3 is 2.79 bits per heavy atom. The van der Waals surface area contributed by atoms with Gasteiger partial charge in [0, 0.05) is 24.2 Å². The lowest BCUT2D eigenvalue weighted by molar-refractivity contribution is -0.127. The third-order valence-electron chi connectivity index (χ3n) is 4.98. The molecule has 0 bridgehead atoms. The molecule has 1 atom stereocenters. The number of hydrogen-bond donors (Lipinski definition) is 1. The molecule has 0 aliphatic carbocycles. The summed E-state index contributed by atoms with van der Waals surface area (Å²) < 4.78 is 20.6. The van der Waals surface area contributed by atoms with Gasteiger partial charge < -0.3 is 10.1 Å². The zero-order valence-corrected chi connectivity index (χ0v) is 18.7. The standard InChI is InChI=1S/C23H22FN5O3S/c1-32-12-11-25-23(31)22(20-10-5-13-33-20)29(17-7-4-6-16(24)14-17)21(30)15-28-19-9-3-2-8-18(19)26-27-28/h2-10,13-14,22H,11-12,15H2,1H3,(H,25,31)/t22-/m1/s1. The molecule has 0 saturated carbocycles. The van der Waals surface area contributed by atoms with Gasteiger partial charge in [-0.1, -0.05) is 29.5 Å². The fourth-order valence-electron chi connectivity index (χ4n) is 3.49. The molecule has 33 heavy (non-hydrogen) atoms. The van der Waals surface area contributed by atoms with Gasteiger partial charge in [-0.2, -0.15) is 0 Å². The van der Waals surface area contributed by atoms with Crippen LogP contribution in [0, 0.1) is 5.82 Å². The van der Waals surface area contributed by atoms with E-state index in [-0.39, 0.29) is 18.8 Å². The van der Waals surface area contributed by atoms with E-state index >= 15 is 0 Å². The number of hydrogen-bond acceptors (Lipinski definition) is 6. The number of nitrogens with zero attached hydrogens (tertiary/aromatic N) is 4. The number of thiophene rings is 1. The Kier molecular flexibility index (Phi) is 7.06. The van der Waals surface area contributed by atoms with Crippen molar-refractivity contribution >= 4 is 39.9 Å². The quantitative estimate of drug-likeness (QED) is 0.382. The maximum atomic E-state index is 14.2. The van der Waals surface area contributed by atoms with Crippen LogP contribution >= 0.6 is 11.3 Å². The smallest absolute Gasteiger partial charge is 0.249 e. The number of nitrogens with one attached hydrogen (secondary N) is 1. The number of rotatable bonds is 9. The van der Waals surface area contributed by atoms with Crippen molar-refractivity contribution in [3.05, 3.63) is 76.7 Å². The van der Waals surface area contributed by atoms with E-state index < -0.39 is 23.7 Å². The van der Waals surface area contributed by atoms with Crippen LogP contribution in [0.4, 0.5) is 10.1 Å². The van der Waals surface area contributed by atoms with Crippen LogP contribution in [0.5, 0.6) is 0 Å². The lowest BCUT2D eigenvalue weighted by Gasteiger charge is -2.30. The van der Waals surface area contributed by atoms with Crippen LogP contribution in [-0.4, -0.2) is 47.1 Å². The second-order valence-corrected chi connectivity index (χ2v) is 8.16. The fraction of sp³-hybridized carbons (Fsp3) is 0.217. The molecular weight excluding hydrogens is 445 g/mol. The zero-order valence-electron chi connectivity index (χ0n) is 17.8. The Hall–Kier alpha value is -3.63. The minimum absolute atomic E-state index is 0.176.